The summed E-state index contributed by atoms with van der Waals surface area (Å²) in [5.41, 5.74) is 9.54. The van der Waals surface area contributed by atoms with E-state index in [0.717, 1.165) is 12.5 Å². The lowest BCUT2D eigenvalue weighted by Crippen LogP contribution is -2.30. The second kappa shape index (κ2) is 10.1. The third-order valence-electron chi connectivity index (χ3n) is 3.84. The van der Waals surface area contributed by atoms with E-state index >= 15 is 0 Å². The smallest absolute Gasteiger partial charge is 0.319 e. The molecule has 6 N–H and O–H groups in total. The number of primary amides is 1. The Morgan fingerprint density at radius 2 is 1.97 bits per heavy atom. The molecule has 0 aliphatic rings. The van der Waals surface area contributed by atoms with Crippen molar-refractivity contribution in [1.29, 1.82) is 0 Å². The van der Waals surface area contributed by atoms with Gasteiger partial charge in [0.05, 0.1) is 5.56 Å². The van der Waals surface area contributed by atoms with Crippen LogP contribution < -0.4 is 26.8 Å². The summed E-state index contributed by atoms with van der Waals surface area (Å²) in [6.45, 7) is 1.35. The van der Waals surface area contributed by atoms with Crippen molar-refractivity contribution in [2.45, 2.75) is 26.4 Å². The first-order chi connectivity index (χ1) is 13.8. The molecule has 0 bridgehead atoms. The molecule has 158 valence electrons. The van der Waals surface area contributed by atoms with Crippen molar-refractivity contribution < 1.29 is 27.5 Å². The molecule has 0 fully saturated rings. The summed E-state index contributed by atoms with van der Waals surface area (Å²) in [4.78, 5) is 23.6. The molecule has 0 spiro atoms. The maximum atomic E-state index is 14.0. The molecule has 0 saturated heterocycles. The van der Waals surface area contributed by atoms with Gasteiger partial charge in [0.1, 0.15) is 23.0 Å². The zero-order valence-corrected chi connectivity index (χ0v) is 16.3. The van der Waals surface area contributed by atoms with Crippen molar-refractivity contribution in [2.24, 2.45) is 11.5 Å². The Balaban J connectivity index is 2.12. The largest absolute Gasteiger partial charge is 0.471 e. The van der Waals surface area contributed by atoms with Gasteiger partial charge < -0.3 is 21.5 Å². The molecule has 8 nitrogen and oxygen atoms in total. The van der Waals surface area contributed by atoms with Gasteiger partial charge >= 0.3 is 6.03 Å². The van der Waals surface area contributed by atoms with Gasteiger partial charge in [-0.25, -0.2) is 18.0 Å². The zero-order chi connectivity index (χ0) is 21.6. The Morgan fingerprint density at radius 1 is 1.24 bits per heavy atom. The summed E-state index contributed by atoms with van der Waals surface area (Å²) in [5.74, 6) is -4.91. The number of benzene rings is 1. The van der Waals surface area contributed by atoms with Crippen LogP contribution in [0.15, 0.2) is 6.07 Å². The fraction of sp³-hybridized carbons (Fsp3) is 0.353. The van der Waals surface area contributed by atoms with E-state index in [9.17, 15) is 22.8 Å². The standard InChI is InChI=1S/C17H20F3N5O3S/c1-8-6-10(18)9(13(20)12(8)19)7-28-15-11(14(22)26)16(29-25-15)24-17(27)23-5-3-2-4-21/h6H,2-5,7,21H2,1H3,(H2,22,26)(H2,23,24,27). The topological polar surface area (TPSA) is 132 Å². The summed E-state index contributed by atoms with van der Waals surface area (Å²) in [5, 5.41) is 4.98. The van der Waals surface area contributed by atoms with Crippen LogP contribution in [0.5, 0.6) is 5.88 Å². The number of unbranched alkanes of at least 4 members (excludes halogenated alkanes) is 1. The number of urea groups is 1. The minimum atomic E-state index is -1.39. The SMILES string of the molecule is Cc1cc(F)c(COc2nsc(NC(=O)NCCCCN)c2C(N)=O)c(F)c1F. The number of aryl methyl sites for hydroxylation is 1. The van der Waals surface area contributed by atoms with Gasteiger partial charge in [-0.2, -0.15) is 4.37 Å². The Labute approximate surface area is 168 Å². The average Bonchev–Trinajstić information content (AvgIpc) is 3.06. The molecule has 3 amide bonds. The average molecular weight is 431 g/mol. The predicted octanol–water partition coefficient (Wildman–Crippen LogP) is 2.41. The van der Waals surface area contributed by atoms with Crippen molar-refractivity contribution in [3.05, 3.63) is 40.2 Å². The number of hydrogen-bond donors (Lipinski definition) is 4. The molecule has 2 rings (SSSR count). The molecule has 0 unspecified atom stereocenters. The second-order valence-electron chi connectivity index (χ2n) is 6.00. The molecule has 0 aliphatic carbocycles. The predicted molar refractivity (Wildman–Crippen MR) is 101 cm³/mol. The Kier molecular flexibility index (Phi) is 7.79. The summed E-state index contributed by atoms with van der Waals surface area (Å²) in [7, 11) is 0. The molecule has 0 saturated carbocycles. The fourth-order valence-electron chi connectivity index (χ4n) is 2.32. The number of nitrogens with one attached hydrogen (secondary N) is 2. The van der Waals surface area contributed by atoms with Crippen molar-refractivity contribution in [1.82, 2.24) is 9.69 Å². The highest BCUT2D eigenvalue weighted by Gasteiger charge is 2.24. The minimum absolute atomic E-state index is 0.000134. The number of amides is 3. The van der Waals surface area contributed by atoms with E-state index in [1.54, 1.807) is 0 Å². The number of carbonyl (C=O) groups is 2. The van der Waals surface area contributed by atoms with Crippen LogP contribution in [0.3, 0.4) is 0 Å². The molecule has 1 aromatic heterocycles. The van der Waals surface area contributed by atoms with Gasteiger partial charge in [-0.15, -0.1) is 0 Å². The van der Waals surface area contributed by atoms with Crippen LogP contribution in [0.1, 0.15) is 34.3 Å². The zero-order valence-electron chi connectivity index (χ0n) is 15.5. The highest BCUT2D eigenvalue weighted by atomic mass is 32.1. The number of aromatic nitrogens is 1. The van der Waals surface area contributed by atoms with Gasteiger partial charge in [0, 0.05) is 6.54 Å². The normalized spacial score (nSPS) is 10.7. The number of carbonyl (C=O) groups excluding carboxylic acids is 2. The van der Waals surface area contributed by atoms with E-state index in [2.05, 4.69) is 15.0 Å². The van der Waals surface area contributed by atoms with E-state index in [-0.39, 0.29) is 22.0 Å². The molecular weight excluding hydrogens is 411 g/mol. The lowest BCUT2D eigenvalue weighted by atomic mass is 10.1. The quantitative estimate of drug-likeness (QED) is 0.358. The van der Waals surface area contributed by atoms with Crippen molar-refractivity contribution in [2.75, 3.05) is 18.4 Å². The van der Waals surface area contributed by atoms with Gasteiger partial charge in [0.15, 0.2) is 11.6 Å². The first kappa shape index (κ1) is 22.4. The van der Waals surface area contributed by atoms with E-state index in [0.29, 0.717) is 31.0 Å². The number of anilines is 1. The van der Waals surface area contributed by atoms with Crippen LogP contribution in [0.25, 0.3) is 0 Å². The molecule has 29 heavy (non-hydrogen) atoms. The first-order valence-corrected chi connectivity index (χ1v) is 9.33. The van der Waals surface area contributed by atoms with E-state index < -0.39 is 41.6 Å². The summed E-state index contributed by atoms with van der Waals surface area (Å²) in [6, 6.07) is 0.229. The fourth-order valence-corrected chi connectivity index (χ4v) is 3.05. The number of rotatable bonds is 9. The Bertz CT molecular complexity index is 907. The number of halogens is 3. The van der Waals surface area contributed by atoms with Crippen LogP contribution in [-0.2, 0) is 6.61 Å². The minimum Gasteiger partial charge on any atom is -0.471 e. The van der Waals surface area contributed by atoms with Gasteiger partial charge in [-0.3, -0.25) is 10.1 Å². The number of hydrogen-bond acceptors (Lipinski definition) is 6. The molecule has 2 aromatic rings. The van der Waals surface area contributed by atoms with Crippen LogP contribution in [0.4, 0.5) is 23.0 Å². The molecule has 0 aliphatic heterocycles. The first-order valence-electron chi connectivity index (χ1n) is 8.56. The number of ether oxygens (including phenoxy) is 1. The van der Waals surface area contributed by atoms with Gasteiger partial charge in [0.2, 0.25) is 5.88 Å². The Hall–Kier alpha value is -2.86. The van der Waals surface area contributed by atoms with E-state index in [1.165, 1.54) is 6.92 Å². The third-order valence-corrected chi connectivity index (χ3v) is 4.59. The maximum absolute atomic E-state index is 14.0. The maximum Gasteiger partial charge on any atom is 0.319 e. The van der Waals surface area contributed by atoms with Crippen molar-refractivity contribution in [3.63, 3.8) is 0 Å². The number of nitrogens with zero attached hydrogens (tertiary/aromatic N) is 1. The molecule has 0 radical (unpaired) electrons. The van der Waals surface area contributed by atoms with E-state index in [4.69, 9.17) is 16.2 Å². The summed E-state index contributed by atoms with van der Waals surface area (Å²) in [6.07, 6.45) is 1.41. The summed E-state index contributed by atoms with van der Waals surface area (Å²) >= 11 is 0.696. The molecule has 0 atom stereocenters. The summed E-state index contributed by atoms with van der Waals surface area (Å²) < 4.78 is 50.6. The van der Waals surface area contributed by atoms with Crippen LogP contribution in [-0.4, -0.2) is 29.4 Å². The Morgan fingerprint density at radius 3 is 2.62 bits per heavy atom. The van der Waals surface area contributed by atoms with Crippen LogP contribution in [0, 0.1) is 24.4 Å². The monoisotopic (exact) mass is 431 g/mol. The van der Waals surface area contributed by atoms with E-state index in [1.807, 2.05) is 0 Å². The van der Waals surface area contributed by atoms with Crippen LogP contribution >= 0.6 is 11.5 Å². The number of nitrogens with two attached hydrogens (primary N) is 2. The highest BCUT2D eigenvalue weighted by molar-refractivity contribution is 7.11. The van der Waals surface area contributed by atoms with Crippen molar-refractivity contribution >= 4 is 28.5 Å². The van der Waals surface area contributed by atoms with Gasteiger partial charge in [-0.05, 0) is 49.5 Å². The third kappa shape index (κ3) is 5.57. The lowest BCUT2D eigenvalue weighted by Gasteiger charge is -2.10. The van der Waals surface area contributed by atoms with Gasteiger partial charge in [0.25, 0.3) is 5.91 Å². The molecule has 1 aromatic carbocycles. The molecule has 1 heterocycles. The van der Waals surface area contributed by atoms with Gasteiger partial charge in [-0.1, -0.05) is 0 Å². The lowest BCUT2D eigenvalue weighted by molar-refractivity contribution is 0.0996. The van der Waals surface area contributed by atoms with Crippen LogP contribution in [0.2, 0.25) is 0 Å². The molecule has 12 heteroatoms. The molecular formula is C17H20F3N5O3S. The highest BCUT2D eigenvalue weighted by Crippen LogP contribution is 2.31. The van der Waals surface area contributed by atoms with Crippen molar-refractivity contribution in [3.8, 4) is 5.88 Å². The second-order valence-corrected chi connectivity index (χ2v) is 6.78.